The van der Waals surface area contributed by atoms with Gasteiger partial charge in [0.15, 0.2) is 0 Å². The van der Waals surface area contributed by atoms with Gasteiger partial charge in [-0.25, -0.2) is 0 Å². The van der Waals surface area contributed by atoms with E-state index >= 15 is 0 Å². The summed E-state index contributed by atoms with van der Waals surface area (Å²) in [6, 6.07) is 1.53. The van der Waals surface area contributed by atoms with Gasteiger partial charge in [-0.05, 0) is 13.3 Å². The fraction of sp³-hybridized carbons (Fsp3) is 0.556. The van der Waals surface area contributed by atoms with Crippen molar-refractivity contribution in [3.8, 4) is 0 Å². The van der Waals surface area contributed by atoms with Crippen molar-refractivity contribution >= 4 is 5.91 Å². The van der Waals surface area contributed by atoms with Crippen LogP contribution in [-0.2, 0) is 4.74 Å². The topological polar surface area (TPSA) is 64.4 Å². The number of rotatable bonds is 6. The van der Waals surface area contributed by atoms with Gasteiger partial charge in [0.1, 0.15) is 0 Å². The Bertz CT molecular complexity index is 259. The third kappa shape index (κ3) is 3.57. The Labute approximate surface area is 82.4 Å². The van der Waals surface area contributed by atoms with Gasteiger partial charge in [0.2, 0.25) is 5.76 Å². The lowest BCUT2D eigenvalue weighted by atomic mass is 10.4. The smallest absolute Gasteiger partial charge is 0.289 e. The van der Waals surface area contributed by atoms with Crippen LogP contribution in [0, 0.1) is 0 Å². The molecule has 0 spiro atoms. The molecule has 5 heteroatoms. The molecule has 0 saturated heterocycles. The largest absolute Gasteiger partial charge is 0.382 e. The summed E-state index contributed by atoms with van der Waals surface area (Å²) in [4.78, 5) is 11.3. The highest BCUT2D eigenvalue weighted by molar-refractivity contribution is 5.91. The van der Waals surface area contributed by atoms with Crippen molar-refractivity contribution in [1.29, 1.82) is 0 Å². The van der Waals surface area contributed by atoms with E-state index in [9.17, 15) is 4.79 Å². The molecule has 0 aliphatic rings. The summed E-state index contributed by atoms with van der Waals surface area (Å²) in [6.45, 7) is 3.88. The highest BCUT2D eigenvalue weighted by Crippen LogP contribution is 1.95. The van der Waals surface area contributed by atoms with E-state index in [1.54, 1.807) is 0 Å². The van der Waals surface area contributed by atoms with Crippen LogP contribution < -0.4 is 5.32 Å². The van der Waals surface area contributed by atoms with Crippen molar-refractivity contribution in [2.75, 3.05) is 19.8 Å². The molecule has 0 saturated carbocycles. The second kappa shape index (κ2) is 6.15. The molecule has 0 aliphatic carbocycles. The van der Waals surface area contributed by atoms with Gasteiger partial charge in [0.05, 0.1) is 6.20 Å². The Balaban J connectivity index is 2.10. The molecule has 1 heterocycles. The minimum absolute atomic E-state index is 0.237. The van der Waals surface area contributed by atoms with Crippen LogP contribution in [0.25, 0.3) is 0 Å². The molecule has 14 heavy (non-hydrogen) atoms. The van der Waals surface area contributed by atoms with E-state index in [1.807, 2.05) is 6.92 Å². The maximum atomic E-state index is 11.3. The maximum Gasteiger partial charge on any atom is 0.289 e. The van der Waals surface area contributed by atoms with Crippen molar-refractivity contribution in [1.82, 2.24) is 10.5 Å². The van der Waals surface area contributed by atoms with Crippen LogP contribution >= 0.6 is 0 Å². The van der Waals surface area contributed by atoms with Crippen LogP contribution in [0.5, 0.6) is 0 Å². The number of nitrogens with one attached hydrogen (secondary N) is 1. The summed E-state index contributed by atoms with van der Waals surface area (Å²) in [5, 5.41) is 6.13. The Morgan fingerprint density at radius 1 is 1.71 bits per heavy atom. The summed E-state index contributed by atoms with van der Waals surface area (Å²) in [5.41, 5.74) is 0. The maximum absolute atomic E-state index is 11.3. The summed E-state index contributed by atoms with van der Waals surface area (Å²) in [5.74, 6) is 0.000378. The van der Waals surface area contributed by atoms with E-state index in [2.05, 4.69) is 15.0 Å². The van der Waals surface area contributed by atoms with Gasteiger partial charge in [-0.3, -0.25) is 4.79 Å². The first-order chi connectivity index (χ1) is 6.84. The zero-order valence-electron chi connectivity index (χ0n) is 8.16. The van der Waals surface area contributed by atoms with Crippen molar-refractivity contribution in [3.05, 3.63) is 18.0 Å². The highest BCUT2D eigenvalue weighted by atomic mass is 16.5. The Morgan fingerprint density at radius 2 is 2.57 bits per heavy atom. The molecular formula is C9H14N2O3. The normalized spacial score (nSPS) is 10.1. The zero-order chi connectivity index (χ0) is 10.2. The van der Waals surface area contributed by atoms with Gasteiger partial charge >= 0.3 is 0 Å². The molecule has 0 fully saturated rings. The quantitative estimate of drug-likeness (QED) is 0.688. The van der Waals surface area contributed by atoms with Crippen LogP contribution in [0.4, 0.5) is 0 Å². The van der Waals surface area contributed by atoms with E-state index in [1.165, 1.54) is 12.3 Å². The molecule has 1 amide bonds. The first-order valence-electron chi connectivity index (χ1n) is 4.61. The van der Waals surface area contributed by atoms with Crippen LogP contribution in [0.15, 0.2) is 16.8 Å². The van der Waals surface area contributed by atoms with Crippen LogP contribution in [0.2, 0.25) is 0 Å². The molecule has 1 rings (SSSR count). The standard InChI is InChI=1S/C9H14N2O3/c1-2-13-7-3-5-10-9(12)8-4-6-11-14-8/h4,6H,2-3,5,7H2,1H3,(H,10,12). The third-order valence-electron chi connectivity index (χ3n) is 1.62. The SMILES string of the molecule is CCOCCCNC(=O)c1ccno1. The number of carbonyl (C=O) groups is 1. The number of hydrogen-bond acceptors (Lipinski definition) is 4. The minimum Gasteiger partial charge on any atom is -0.382 e. The second-order valence-corrected chi connectivity index (χ2v) is 2.68. The van der Waals surface area contributed by atoms with E-state index < -0.39 is 0 Å². The highest BCUT2D eigenvalue weighted by Gasteiger charge is 2.07. The van der Waals surface area contributed by atoms with Gasteiger partial charge in [-0.2, -0.15) is 0 Å². The Hall–Kier alpha value is -1.36. The van der Waals surface area contributed by atoms with E-state index in [0.29, 0.717) is 19.8 Å². The van der Waals surface area contributed by atoms with Crippen LogP contribution in [0.3, 0.4) is 0 Å². The first kappa shape index (κ1) is 10.7. The summed E-state index contributed by atoms with van der Waals surface area (Å²) >= 11 is 0. The van der Waals surface area contributed by atoms with E-state index in [-0.39, 0.29) is 11.7 Å². The molecule has 1 aromatic rings. The molecule has 0 aromatic carbocycles. The van der Waals surface area contributed by atoms with Gasteiger partial charge in [0, 0.05) is 25.8 Å². The molecule has 78 valence electrons. The lowest BCUT2D eigenvalue weighted by Crippen LogP contribution is -2.24. The third-order valence-corrected chi connectivity index (χ3v) is 1.62. The molecule has 1 aromatic heterocycles. The monoisotopic (exact) mass is 198 g/mol. The first-order valence-corrected chi connectivity index (χ1v) is 4.61. The number of carbonyl (C=O) groups excluding carboxylic acids is 1. The Morgan fingerprint density at radius 3 is 3.21 bits per heavy atom. The molecule has 0 atom stereocenters. The number of amides is 1. The second-order valence-electron chi connectivity index (χ2n) is 2.68. The predicted octanol–water partition coefficient (Wildman–Crippen LogP) is 0.831. The fourth-order valence-corrected chi connectivity index (χ4v) is 0.941. The average Bonchev–Trinajstić information content (AvgIpc) is 2.70. The summed E-state index contributed by atoms with van der Waals surface area (Å²) in [6.07, 6.45) is 2.24. The molecule has 0 aliphatic heterocycles. The summed E-state index contributed by atoms with van der Waals surface area (Å²) in [7, 11) is 0. The lowest BCUT2D eigenvalue weighted by Gasteiger charge is -2.02. The molecule has 5 nitrogen and oxygen atoms in total. The number of ether oxygens (including phenoxy) is 1. The van der Waals surface area contributed by atoms with Crippen LogP contribution in [0.1, 0.15) is 23.9 Å². The lowest BCUT2D eigenvalue weighted by molar-refractivity contribution is 0.0908. The molecular weight excluding hydrogens is 184 g/mol. The number of hydrogen-bond donors (Lipinski definition) is 1. The van der Waals surface area contributed by atoms with Gasteiger partial charge in [-0.1, -0.05) is 5.16 Å². The molecule has 1 N–H and O–H groups in total. The van der Waals surface area contributed by atoms with Crippen molar-refractivity contribution in [3.63, 3.8) is 0 Å². The number of aromatic nitrogens is 1. The zero-order valence-corrected chi connectivity index (χ0v) is 8.16. The fourth-order valence-electron chi connectivity index (χ4n) is 0.941. The van der Waals surface area contributed by atoms with E-state index in [0.717, 1.165) is 6.42 Å². The van der Waals surface area contributed by atoms with Gasteiger partial charge in [0.25, 0.3) is 5.91 Å². The predicted molar refractivity (Wildman–Crippen MR) is 49.9 cm³/mol. The molecule has 0 unspecified atom stereocenters. The molecule has 0 bridgehead atoms. The van der Waals surface area contributed by atoms with E-state index in [4.69, 9.17) is 4.74 Å². The van der Waals surface area contributed by atoms with Gasteiger partial charge < -0.3 is 14.6 Å². The average molecular weight is 198 g/mol. The van der Waals surface area contributed by atoms with Crippen molar-refractivity contribution in [2.45, 2.75) is 13.3 Å². The summed E-state index contributed by atoms with van der Waals surface area (Å²) < 4.78 is 9.80. The Kier molecular flexibility index (Phi) is 4.71. The minimum atomic E-state index is -0.237. The van der Waals surface area contributed by atoms with Crippen molar-refractivity contribution in [2.24, 2.45) is 0 Å². The molecule has 0 radical (unpaired) electrons. The number of nitrogens with zero attached hydrogens (tertiary/aromatic N) is 1. The van der Waals surface area contributed by atoms with Crippen LogP contribution in [-0.4, -0.2) is 30.8 Å². The van der Waals surface area contributed by atoms with Crippen molar-refractivity contribution < 1.29 is 14.1 Å². The van der Waals surface area contributed by atoms with Gasteiger partial charge in [-0.15, -0.1) is 0 Å².